The zero-order valence-corrected chi connectivity index (χ0v) is 29.5. The number of rotatable bonds is 15. The lowest BCUT2D eigenvalue weighted by atomic mass is 9.90. The molecule has 1 heterocycles. The number of hydrogen-bond donors (Lipinski definition) is 1. The lowest BCUT2D eigenvalue weighted by molar-refractivity contribution is -0.126. The highest BCUT2D eigenvalue weighted by atomic mass is 28.4. The van der Waals surface area contributed by atoms with Gasteiger partial charge in [-0.25, -0.2) is 4.79 Å². The lowest BCUT2D eigenvalue weighted by Gasteiger charge is -2.42. The fraction of sp³-hybridized carbons (Fsp3) is 0.938. The Morgan fingerprint density at radius 2 is 1.52 bits per heavy atom. The molecule has 2 amide bonds. The highest BCUT2D eigenvalue weighted by Gasteiger charge is 2.52. The maximum atomic E-state index is 13.5. The molecular weight excluding hydrogens is 520 g/mol. The van der Waals surface area contributed by atoms with E-state index in [9.17, 15) is 9.59 Å². The fourth-order valence-electron chi connectivity index (χ4n) is 6.69. The predicted molar refractivity (Wildman–Crippen MR) is 168 cm³/mol. The van der Waals surface area contributed by atoms with Crippen molar-refractivity contribution in [2.24, 2.45) is 11.8 Å². The topological polar surface area (TPSA) is 77.1 Å². The number of unbranched alkanes of at least 4 members (excludes halogenated alkanes) is 1. The molecule has 0 aromatic carbocycles. The maximum absolute atomic E-state index is 13.5. The Morgan fingerprint density at radius 1 is 0.975 bits per heavy atom. The number of ether oxygens (including phenoxy) is 2. The molecule has 0 saturated carbocycles. The summed E-state index contributed by atoms with van der Waals surface area (Å²) in [6.45, 7) is 31.1. The second kappa shape index (κ2) is 15.4. The summed E-state index contributed by atoms with van der Waals surface area (Å²) in [6, 6.07) is -0.187. The molecule has 0 unspecified atom stereocenters. The summed E-state index contributed by atoms with van der Waals surface area (Å²) >= 11 is 0. The van der Waals surface area contributed by atoms with Gasteiger partial charge in [0, 0.05) is 19.1 Å². The van der Waals surface area contributed by atoms with Crippen LogP contribution < -0.4 is 5.32 Å². The van der Waals surface area contributed by atoms with Gasteiger partial charge >= 0.3 is 6.09 Å². The van der Waals surface area contributed by atoms with Crippen LogP contribution in [0.15, 0.2) is 0 Å². The van der Waals surface area contributed by atoms with Gasteiger partial charge in [0.2, 0.25) is 5.91 Å². The summed E-state index contributed by atoms with van der Waals surface area (Å²) in [5, 5.41) is 3.06. The average molecular weight is 585 g/mol. The number of nitrogens with zero attached hydrogens (tertiary/aromatic N) is 1. The molecule has 40 heavy (non-hydrogen) atoms. The number of carbonyl (C=O) groups excluding carboxylic acids is 2. The Morgan fingerprint density at radius 3 is 2.00 bits per heavy atom. The van der Waals surface area contributed by atoms with Crippen LogP contribution in [0.1, 0.15) is 129 Å². The van der Waals surface area contributed by atoms with Gasteiger partial charge in [-0.3, -0.25) is 9.69 Å². The minimum absolute atomic E-state index is 0.0446. The van der Waals surface area contributed by atoms with E-state index in [0.717, 1.165) is 32.3 Å². The van der Waals surface area contributed by atoms with Gasteiger partial charge in [0.15, 0.2) is 8.32 Å². The van der Waals surface area contributed by atoms with Crippen LogP contribution in [0, 0.1) is 11.8 Å². The highest BCUT2D eigenvalue weighted by molar-refractivity contribution is 6.77. The van der Waals surface area contributed by atoms with Crippen LogP contribution in [0.4, 0.5) is 4.79 Å². The first-order valence-electron chi connectivity index (χ1n) is 15.9. The molecule has 1 fully saturated rings. The Balaban J connectivity index is 3.12. The smallest absolute Gasteiger partial charge is 0.412 e. The molecule has 8 heteroatoms. The lowest BCUT2D eigenvalue weighted by Crippen LogP contribution is -2.51. The standard InChI is InChI=1S/C32H64N2O5Si/c1-15-16-18-33-29(35)26(9)21-28-27(34(32(13,14)38-28)30(36)39-31(10,11)12)20-25(8)17-19-37-40(22(2)3,23(4)5)24(6)7/h22-28H,15-21H2,1-14H3,(H,33,35)/t25-,26+,27-,28-/m0/s1. The second-order valence-electron chi connectivity index (χ2n) is 14.6. The van der Waals surface area contributed by atoms with Crippen molar-refractivity contribution in [3.8, 4) is 0 Å². The minimum atomic E-state index is -1.94. The van der Waals surface area contributed by atoms with Gasteiger partial charge in [-0.1, -0.05) is 68.7 Å². The molecule has 1 rings (SSSR count). The number of carbonyl (C=O) groups is 2. The molecule has 7 nitrogen and oxygen atoms in total. The van der Waals surface area contributed by atoms with Crippen molar-refractivity contribution in [2.45, 2.75) is 169 Å². The second-order valence-corrected chi connectivity index (χ2v) is 20.1. The van der Waals surface area contributed by atoms with Crippen molar-refractivity contribution in [3.63, 3.8) is 0 Å². The van der Waals surface area contributed by atoms with E-state index in [1.807, 2.05) is 41.5 Å². The average Bonchev–Trinajstić information content (AvgIpc) is 3.03. The Bertz CT molecular complexity index is 771. The first-order chi connectivity index (χ1) is 18.3. The van der Waals surface area contributed by atoms with E-state index >= 15 is 0 Å². The van der Waals surface area contributed by atoms with Crippen molar-refractivity contribution in [2.75, 3.05) is 13.2 Å². The van der Waals surface area contributed by atoms with Gasteiger partial charge in [0.05, 0.1) is 12.1 Å². The molecular formula is C32H64N2O5Si. The third-order valence-corrected chi connectivity index (χ3v) is 14.7. The van der Waals surface area contributed by atoms with E-state index in [0.29, 0.717) is 35.5 Å². The molecule has 1 saturated heterocycles. The summed E-state index contributed by atoms with van der Waals surface area (Å²) in [4.78, 5) is 28.1. The minimum Gasteiger partial charge on any atom is -0.444 e. The van der Waals surface area contributed by atoms with Crippen LogP contribution in [0.3, 0.4) is 0 Å². The molecule has 4 atom stereocenters. The predicted octanol–water partition coefficient (Wildman–Crippen LogP) is 8.28. The van der Waals surface area contributed by atoms with Crippen LogP contribution in [0.5, 0.6) is 0 Å². The normalized spacial score (nSPS) is 21.3. The van der Waals surface area contributed by atoms with E-state index in [1.54, 1.807) is 4.90 Å². The summed E-state index contributed by atoms with van der Waals surface area (Å²) in [6.07, 6.45) is 3.62. The van der Waals surface area contributed by atoms with Crippen molar-refractivity contribution in [1.82, 2.24) is 10.2 Å². The zero-order chi connectivity index (χ0) is 31.1. The van der Waals surface area contributed by atoms with Gasteiger partial charge in [-0.15, -0.1) is 0 Å². The van der Waals surface area contributed by atoms with Crippen LogP contribution in [-0.2, 0) is 18.7 Å². The quantitative estimate of drug-likeness (QED) is 0.155. The van der Waals surface area contributed by atoms with Crippen molar-refractivity contribution in [1.29, 1.82) is 0 Å². The molecule has 0 aromatic heterocycles. The number of amides is 2. The molecule has 0 aromatic rings. The van der Waals surface area contributed by atoms with Crippen LogP contribution >= 0.6 is 0 Å². The van der Waals surface area contributed by atoms with E-state index in [4.69, 9.17) is 13.9 Å². The molecule has 0 radical (unpaired) electrons. The SMILES string of the molecule is CCCCNC(=O)[C@H](C)C[C@@H]1OC(C)(C)N(C(=O)OC(C)(C)C)[C@H]1C[C@@H](C)CCO[Si](C(C)C)(C(C)C)C(C)C. The molecule has 236 valence electrons. The molecule has 0 aliphatic carbocycles. The van der Waals surface area contributed by atoms with Crippen LogP contribution in [-0.4, -0.2) is 61.8 Å². The number of hydrogen-bond acceptors (Lipinski definition) is 5. The molecule has 1 N–H and O–H groups in total. The van der Waals surface area contributed by atoms with Crippen molar-refractivity contribution < 1.29 is 23.5 Å². The Hall–Kier alpha value is -1.12. The summed E-state index contributed by atoms with van der Waals surface area (Å²) < 4.78 is 19.2. The van der Waals surface area contributed by atoms with Gasteiger partial charge in [0.25, 0.3) is 0 Å². The van der Waals surface area contributed by atoms with Crippen molar-refractivity contribution >= 4 is 20.3 Å². The molecule has 0 spiro atoms. The van der Waals surface area contributed by atoms with Crippen LogP contribution in [0.2, 0.25) is 16.6 Å². The molecule has 1 aliphatic heterocycles. The zero-order valence-electron chi connectivity index (χ0n) is 28.5. The van der Waals surface area contributed by atoms with Crippen LogP contribution in [0.25, 0.3) is 0 Å². The fourth-order valence-corrected chi connectivity index (χ4v) is 12.2. The first kappa shape index (κ1) is 36.9. The summed E-state index contributed by atoms with van der Waals surface area (Å²) in [5.41, 5.74) is 0.193. The first-order valence-corrected chi connectivity index (χ1v) is 18.1. The third-order valence-electron chi connectivity index (χ3n) is 8.55. The van der Waals surface area contributed by atoms with Gasteiger partial charge in [-0.2, -0.15) is 0 Å². The van der Waals surface area contributed by atoms with E-state index in [1.165, 1.54) is 0 Å². The third kappa shape index (κ3) is 10.0. The van der Waals surface area contributed by atoms with Crippen molar-refractivity contribution in [3.05, 3.63) is 0 Å². The highest BCUT2D eigenvalue weighted by Crippen LogP contribution is 2.43. The largest absolute Gasteiger partial charge is 0.444 e. The summed E-state index contributed by atoms with van der Waals surface area (Å²) in [7, 11) is -1.94. The van der Waals surface area contributed by atoms with E-state index in [2.05, 4.69) is 60.7 Å². The van der Waals surface area contributed by atoms with Gasteiger partial charge < -0.3 is 19.2 Å². The maximum Gasteiger partial charge on any atom is 0.412 e. The van der Waals surface area contributed by atoms with Gasteiger partial charge in [0.1, 0.15) is 11.3 Å². The Kier molecular flexibility index (Phi) is 14.2. The molecule has 0 bridgehead atoms. The summed E-state index contributed by atoms with van der Waals surface area (Å²) in [5.74, 6) is 0.136. The Labute approximate surface area is 248 Å². The van der Waals surface area contributed by atoms with E-state index in [-0.39, 0.29) is 30.1 Å². The van der Waals surface area contributed by atoms with Gasteiger partial charge in [-0.05, 0) is 82.8 Å². The van der Waals surface area contributed by atoms with E-state index < -0.39 is 19.6 Å². The molecule has 1 aliphatic rings. The monoisotopic (exact) mass is 584 g/mol. The number of nitrogens with one attached hydrogen (secondary N) is 1.